The molecule has 11 heteroatoms. The molecule has 3 rings (SSSR count). The molecule has 2 aromatic carbocycles. The Balaban J connectivity index is 1.36. The maximum absolute atomic E-state index is 12.2. The molecule has 0 aliphatic carbocycles. The van der Waals surface area contributed by atoms with Crippen LogP contribution in [-0.4, -0.2) is 42.8 Å². The summed E-state index contributed by atoms with van der Waals surface area (Å²) in [4.78, 5) is 36.9. The molecular weight excluding hydrogens is 466 g/mol. The third kappa shape index (κ3) is 7.10. The number of nitrogens with one attached hydrogen (secondary N) is 2. The molecule has 1 unspecified atom stereocenters. The highest BCUT2D eigenvalue weighted by molar-refractivity contribution is 8.01. The first-order valence-corrected chi connectivity index (χ1v) is 10.8. The van der Waals surface area contributed by atoms with Crippen LogP contribution in [0.4, 0.5) is 14.5 Å². The molecule has 7 nitrogen and oxygen atoms in total. The van der Waals surface area contributed by atoms with E-state index >= 15 is 0 Å². The van der Waals surface area contributed by atoms with Crippen LogP contribution < -0.4 is 15.4 Å². The van der Waals surface area contributed by atoms with Crippen LogP contribution in [0.15, 0.2) is 47.4 Å². The smallest absolute Gasteiger partial charge is 0.387 e. The fourth-order valence-corrected chi connectivity index (χ4v) is 4.10. The van der Waals surface area contributed by atoms with Crippen LogP contribution in [0.1, 0.15) is 12.0 Å². The molecule has 0 bridgehead atoms. The Morgan fingerprint density at radius 3 is 2.66 bits per heavy atom. The summed E-state index contributed by atoms with van der Waals surface area (Å²) < 4.78 is 33.5. The van der Waals surface area contributed by atoms with Crippen molar-refractivity contribution in [3.05, 3.63) is 53.1 Å². The number of amides is 2. The van der Waals surface area contributed by atoms with Crippen molar-refractivity contribution >= 4 is 46.8 Å². The lowest BCUT2D eigenvalue weighted by Crippen LogP contribution is -2.33. The number of anilines is 1. The van der Waals surface area contributed by atoms with Crippen molar-refractivity contribution in [3.63, 3.8) is 0 Å². The molecule has 0 saturated heterocycles. The van der Waals surface area contributed by atoms with Crippen LogP contribution in [-0.2, 0) is 25.5 Å². The number of carbonyl (C=O) groups excluding carboxylic acids is 3. The lowest BCUT2D eigenvalue weighted by molar-refractivity contribution is -0.149. The van der Waals surface area contributed by atoms with Gasteiger partial charge >= 0.3 is 12.6 Å². The van der Waals surface area contributed by atoms with E-state index in [1.165, 1.54) is 23.9 Å². The quantitative estimate of drug-likeness (QED) is 0.528. The summed E-state index contributed by atoms with van der Waals surface area (Å²) >= 11 is 7.14. The molecule has 0 saturated carbocycles. The van der Waals surface area contributed by atoms with Crippen LogP contribution in [0, 0.1) is 0 Å². The van der Waals surface area contributed by atoms with Crippen LogP contribution in [0.5, 0.6) is 5.75 Å². The van der Waals surface area contributed by atoms with Crippen molar-refractivity contribution < 1.29 is 32.6 Å². The minimum atomic E-state index is -2.89. The zero-order valence-electron chi connectivity index (χ0n) is 16.6. The van der Waals surface area contributed by atoms with Crippen molar-refractivity contribution in [2.75, 3.05) is 18.5 Å². The molecule has 2 aromatic rings. The molecule has 1 heterocycles. The summed E-state index contributed by atoms with van der Waals surface area (Å²) in [7, 11) is 0. The zero-order valence-corrected chi connectivity index (χ0v) is 18.2. The lowest BCUT2D eigenvalue weighted by Gasteiger charge is -2.23. The van der Waals surface area contributed by atoms with E-state index in [9.17, 15) is 23.2 Å². The van der Waals surface area contributed by atoms with Gasteiger partial charge in [0.1, 0.15) is 5.75 Å². The van der Waals surface area contributed by atoms with Gasteiger partial charge in [-0.1, -0.05) is 23.7 Å². The number of fused-ring (bicyclic) bond motifs is 1. The molecule has 1 atom stereocenters. The van der Waals surface area contributed by atoms with E-state index in [4.69, 9.17) is 16.3 Å². The molecule has 1 aliphatic rings. The molecular formula is C21H19ClF2N2O5S. The fourth-order valence-electron chi connectivity index (χ4n) is 2.85. The number of ether oxygens (including phenoxy) is 2. The molecule has 32 heavy (non-hydrogen) atoms. The van der Waals surface area contributed by atoms with Gasteiger partial charge in [-0.15, -0.1) is 11.8 Å². The van der Waals surface area contributed by atoms with E-state index in [1.807, 2.05) is 0 Å². The summed E-state index contributed by atoms with van der Waals surface area (Å²) in [6.45, 7) is -3.08. The van der Waals surface area contributed by atoms with Crippen molar-refractivity contribution in [2.45, 2.75) is 29.6 Å². The second kappa shape index (κ2) is 11.1. The number of benzene rings is 2. The third-order valence-corrected chi connectivity index (χ3v) is 5.87. The Morgan fingerprint density at radius 2 is 1.94 bits per heavy atom. The largest absolute Gasteiger partial charge is 0.456 e. The summed E-state index contributed by atoms with van der Waals surface area (Å²) in [6, 6.07) is 11.1. The monoisotopic (exact) mass is 484 g/mol. The van der Waals surface area contributed by atoms with Crippen LogP contribution in [0.25, 0.3) is 0 Å². The molecule has 2 amide bonds. The van der Waals surface area contributed by atoms with Gasteiger partial charge in [-0.05, 0) is 42.3 Å². The predicted octanol–water partition coefficient (Wildman–Crippen LogP) is 3.65. The van der Waals surface area contributed by atoms with Gasteiger partial charge in [0.2, 0.25) is 5.91 Å². The number of thioether (sulfide) groups is 1. The number of alkyl halides is 2. The first-order valence-electron chi connectivity index (χ1n) is 9.53. The maximum Gasteiger partial charge on any atom is 0.387 e. The second-order valence-corrected chi connectivity index (χ2v) is 8.40. The van der Waals surface area contributed by atoms with Gasteiger partial charge in [-0.2, -0.15) is 8.78 Å². The summed E-state index contributed by atoms with van der Waals surface area (Å²) in [6.07, 6.45) is 0.274. The van der Waals surface area contributed by atoms with Gasteiger partial charge < -0.3 is 20.1 Å². The Hall–Kier alpha value is -2.85. The highest BCUT2D eigenvalue weighted by Crippen LogP contribution is 2.38. The van der Waals surface area contributed by atoms with E-state index in [0.29, 0.717) is 17.1 Å². The van der Waals surface area contributed by atoms with Gasteiger partial charge in [0, 0.05) is 16.5 Å². The lowest BCUT2D eigenvalue weighted by atomic mass is 10.1. The Labute approximate surface area is 191 Å². The average Bonchev–Trinajstić information content (AvgIpc) is 2.74. The standard InChI is InChI=1S/C21H19ClF2N2O5S/c22-13-3-6-16-15(9-13)26-20(29)17(32-16)10-19(28)30-11-18(27)25-8-7-12-1-4-14(5-2-12)31-21(23)24/h1-6,9,17,21H,7-8,10-11H2,(H,25,27)(H,26,29). The minimum absolute atomic E-state index is 0.0526. The van der Waals surface area contributed by atoms with E-state index in [-0.39, 0.29) is 24.6 Å². The molecule has 1 aliphatic heterocycles. The molecule has 0 fully saturated rings. The maximum atomic E-state index is 12.2. The molecule has 0 aromatic heterocycles. The number of hydrogen-bond donors (Lipinski definition) is 2. The first-order chi connectivity index (χ1) is 15.3. The average molecular weight is 485 g/mol. The minimum Gasteiger partial charge on any atom is -0.456 e. The summed E-state index contributed by atoms with van der Waals surface area (Å²) in [5.74, 6) is -1.44. The molecule has 0 radical (unpaired) electrons. The number of hydrogen-bond acceptors (Lipinski definition) is 6. The SMILES string of the molecule is O=C(COC(=O)CC1Sc2ccc(Cl)cc2NC1=O)NCCc1ccc(OC(F)F)cc1. The van der Waals surface area contributed by atoms with E-state index in [1.54, 1.807) is 30.3 Å². The van der Waals surface area contributed by atoms with Gasteiger partial charge in [0.15, 0.2) is 6.61 Å². The van der Waals surface area contributed by atoms with Gasteiger partial charge in [0.25, 0.3) is 5.91 Å². The normalized spacial score (nSPS) is 15.0. The van der Waals surface area contributed by atoms with Crippen molar-refractivity contribution in [2.24, 2.45) is 0 Å². The summed E-state index contributed by atoms with van der Waals surface area (Å²) in [5.41, 5.74) is 1.40. The van der Waals surface area contributed by atoms with Gasteiger partial charge in [-0.3, -0.25) is 14.4 Å². The van der Waals surface area contributed by atoms with E-state index in [2.05, 4.69) is 15.4 Å². The van der Waals surface area contributed by atoms with E-state index in [0.717, 1.165) is 10.5 Å². The second-order valence-electron chi connectivity index (χ2n) is 6.72. The fraction of sp³-hybridized carbons (Fsp3) is 0.286. The Kier molecular flexibility index (Phi) is 8.29. The van der Waals surface area contributed by atoms with Gasteiger partial charge in [0.05, 0.1) is 17.4 Å². The molecule has 2 N–H and O–H groups in total. The molecule has 0 spiro atoms. The Morgan fingerprint density at radius 1 is 1.19 bits per heavy atom. The van der Waals surface area contributed by atoms with Crippen LogP contribution >= 0.6 is 23.4 Å². The number of esters is 1. The topological polar surface area (TPSA) is 93.7 Å². The third-order valence-electron chi connectivity index (χ3n) is 4.36. The number of halogens is 3. The highest BCUT2D eigenvalue weighted by atomic mass is 35.5. The Bertz CT molecular complexity index is 991. The van der Waals surface area contributed by atoms with E-state index < -0.39 is 30.3 Å². The number of rotatable bonds is 9. The number of carbonyl (C=O) groups is 3. The van der Waals surface area contributed by atoms with Crippen molar-refractivity contribution in [1.82, 2.24) is 5.32 Å². The van der Waals surface area contributed by atoms with Crippen molar-refractivity contribution in [1.29, 1.82) is 0 Å². The van der Waals surface area contributed by atoms with Gasteiger partial charge in [-0.25, -0.2) is 0 Å². The predicted molar refractivity (Wildman–Crippen MR) is 115 cm³/mol. The molecule has 170 valence electrons. The first kappa shape index (κ1) is 23.8. The van der Waals surface area contributed by atoms with Crippen LogP contribution in [0.2, 0.25) is 5.02 Å². The summed E-state index contributed by atoms with van der Waals surface area (Å²) in [5, 5.41) is 5.12. The van der Waals surface area contributed by atoms with Crippen LogP contribution in [0.3, 0.4) is 0 Å². The van der Waals surface area contributed by atoms with Crippen molar-refractivity contribution in [3.8, 4) is 5.75 Å². The highest BCUT2D eigenvalue weighted by Gasteiger charge is 2.29. The zero-order chi connectivity index (χ0) is 23.1.